The van der Waals surface area contributed by atoms with Crippen molar-refractivity contribution >= 4 is 11.4 Å². The first kappa shape index (κ1) is 22.5. The van der Waals surface area contributed by atoms with Crippen LogP contribution in [0, 0.1) is 12.7 Å². The number of benzene rings is 2. The molecule has 2 aromatic carbocycles. The van der Waals surface area contributed by atoms with Crippen molar-refractivity contribution in [2.45, 2.75) is 38.6 Å². The van der Waals surface area contributed by atoms with E-state index in [1.54, 1.807) is 7.11 Å². The van der Waals surface area contributed by atoms with Crippen LogP contribution in [0.15, 0.2) is 66.1 Å². The van der Waals surface area contributed by atoms with E-state index in [1.165, 1.54) is 28.8 Å². The summed E-state index contributed by atoms with van der Waals surface area (Å²) in [7, 11) is 1.73. The van der Waals surface area contributed by atoms with Crippen LogP contribution in [0.4, 0.5) is 4.39 Å². The predicted molar refractivity (Wildman–Crippen MR) is 134 cm³/mol. The standard InChI is InChI=1S/C28H31FN4O/c1-20-17-32(19-31-20)25-11-12-26-21(15-25)5-6-22(26)16-27-30-18-28(2,33(27)13-4-14-34-3)23-7-9-24(29)10-8-23/h7-12,15-17,19H,4-6,13-14,18H2,1-3H3/b22-16+. The van der Waals surface area contributed by atoms with Gasteiger partial charge in [-0.2, -0.15) is 0 Å². The summed E-state index contributed by atoms with van der Waals surface area (Å²) in [5, 5.41) is 0. The fourth-order valence-electron chi connectivity index (χ4n) is 5.10. The van der Waals surface area contributed by atoms with Crippen molar-refractivity contribution in [1.29, 1.82) is 0 Å². The molecular weight excluding hydrogens is 427 g/mol. The van der Waals surface area contributed by atoms with Gasteiger partial charge in [-0.15, -0.1) is 0 Å². The molecule has 0 bridgehead atoms. The molecule has 0 saturated carbocycles. The minimum atomic E-state index is -0.307. The highest BCUT2D eigenvalue weighted by Gasteiger charge is 2.39. The summed E-state index contributed by atoms with van der Waals surface area (Å²) in [4.78, 5) is 11.7. The van der Waals surface area contributed by atoms with Gasteiger partial charge in [0.25, 0.3) is 0 Å². The highest BCUT2D eigenvalue weighted by atomic mass is 19.1. The molecule has 0 saturated heterocycles. The maximum absolute atomic E-state index is 13.6. The van der Waals surface area contributed by atoms with Crippen LogP contribution in [-0.4, -0.2) is 47.1 Å². The van der Waals surface area contributed by atoms with E-state index in [2.05, 4.69) is 51.8 Å². The van der Waals surface area contributed by atoms with Crippen molar-refractivity contribution in [2.24, 2.45) is 4.99 Å². The number of aliphatic imine (C=N–C) groups is 1. The Kier molecular flexibility index (Phi) is 6.09. The largest absolute Gasteiger partial charge is 0.385 e. The fraction of sp³-hybridized carbons (Fsp3) is 0.357. The lowest BCUT2D eigenvalue weighted by Crippen LogP contribution is -2.45. The molecule has 0 radical (unpaired) electrons. The molecule has 34 heavy (non-hydrogen) atoms. The third kappa shape index (κ3) is 4.18. The Morgan fingerprint density at radius 1 is 1.15 bits per heavy atom. The van der Waals surface area contributed by atoms with E-state index in [9.17, 15) is 4.39 Å². The number of fused-ring (bicyclic) bond motifs is 1. The van der Waals surface area contributed by atoms with Gasteiger partial charge in [0.15, 0.2) is 0 Å². The van der Waals surface area contributed by atoms with Crippen LogP contribution in [0.3, 0.4) is 0 Å². The van der Waals surface area contributed by atoms with Gasteiger partial charge in [-0.05, 0) is 85.7 Å². The Hall–Kier alpha value is -3.25. The van der Waals surface area contributed by atoms with Crippen LogP contribution < -0.4 is 0 Å². The quantitative estimate of drug-likeness (QED) is 0.450. The number of hydrogen-bond donors (Lipinski definition) is 0. The zero-order valence-electron chi connectivity index (χ0n) is 20.1. The van der Waals surface area contributed by atoms with Crippen molar-refractivity contribution < 1.29 is 9.13 Å². The number of allylic oxidation sites excluding steroid dienone is 1. The summed E-state index contributed by atoms with van der Waals surface area (Å²) >= 11 is 0. The van der Waals surface area contributed by atoms with Crippen LogP contribution in [-0.2, 0) is 16.7 Å². The smallest absolute Gasteiger partial charge is 0.124 e. The van der Waals surface area contributed by atoms with E-state index in [0.717, 1.165) is 48.6 Å². The van der Waals surface area contributed by atoms with E-state index in [4.69, 9.17) is 9.73 Å². The SMILES string of the molecule is COCCCN1C(/C=C2\CCc3cc(-n4cnc(C)c4)ccc32)=NCC1(C)c1ccc(F)cc1. The van der Waals surface area contributed by atoms with Gasteiger partial charge in [-0.3, -0.25) is 4.99 Å². The molecule has 176 valence electrons. The van der Waals surface area contributed by atoms with Gasteiger partial charge in [0.1, 0.15) is 11.7 Å². The minimum absolute atomic E-state index is 0.215. The van der Waals surface area contributed by atoms with Crippen molar-refractivity contribution in [3.05, 3.63) is 89.3 Å². The van der Waals surface area contributed by atoms with E-state index in [-0.39, 0.29) is 11.4 Å². The van der Waals surface area contributed by atoms with Gasteiger partial charge >= 0.3 is 0 Å². The van der Waals surface area contributed by atoms with Gasteiger partial charge in [-0.1, -0.05) is 18.2 Å². The summed E-state index contributed by atoms with van der Waals surface area (Å²) in [5.41, 5.74) is 6.91. The highest BCUT2D eigenvalue weighted by Crippen LogP contribution is 2.38. The summed E-state index contributed by atoms with van der Waals surface area (Å²) in [6.07, 6.45) is 9.10. The van der Waals surface area contributed by atoms with Crippen LogP contribution in [0.5, 0.6) is 0 Å². The molecule has 1 atom stereocenters. The topological polar surface area (TPSA) is 42.6 Å². The maximum atomic E-state index is 13.6. The molecule has 1 aliphatic carbocycles. The number of amidine groups is 1. The Morgan fingerprint density at radius 2 is 1.97 bits per heavy atom. The zero-order chi connectivity index (χ0) is 23.7. The number of imidazole rings is 1. The van der Waals surface area contributed by atoms with Gasteiger partial charge < -0.3 is 14.2 Å². The number of hydrogen-bond acceptors (Lipinski definition) is 4. The van der Waals surface area contributed by atoms with Crippen LogP contribution in [0.2, 0.25) is 0 Å². The third-order valence-electron chi connectivity index (χ3n) is 7.03. The Balaban J connectivity index is 1.44. The predicted octanol–water partition coefficient (Wildman–Crippen LogP) is 5.32. The number of methoxy groups -OCH3 is 1. The van der Waals surface area contributed by atoms with E-state index in [0.29, 0.717) is 13.2 Å². The molecule has 0 N–H and O–H groups in total. The fourth-order valence-corrected chi connectivity index (χ4v) is 5.10. The van der Waals surface area contributed by atoms with Crippen molar-refractivity contribution in [1.82, 2.24) is 14.5 Å². The summed E-state index contributed by atoms with van der Waals surface area (Å²) in [6, 6.07) is 13.5. The number of aromatic nitrogens is 2. The molecule has 3 aromatic rings. The van der Waals surface area contributed by atoms with Crippen LogP contribution in [0.1, 0.15) is 42.1 Å². The zero-order valence-corrected chi connectivity index (χ0v) is 20.1. The number of rotatable bonds is 7. The van der Waals surface area contributed by atoms with Gasteiger partial charge in [0, 0.05) is 32.1 Å². The third-order valence-corrected chi connectivity index (χ3v) is 7.03. The van der Waals surface area contributed by atoms with Crippen molar-refractivity contribution in [2.75, 3.05) is 26.8 Å². The molecule has 1 aliphatic heterocycles. The van der Waals surface area contributed by atoms with Crippen LogP contribution in [0.25, 0.3) is 11.3 Å². The highest BCUT2D eigenvalue weighted by molar-refractivity contribution is 6.01. The number of halogens is 1. The Labute approximate surface area is 200 Å². The normalized spacial score (nSPS) is 20.8. The summed E-state index contributed by atoms with van der Waals surface area (Å²) < 4.78 is 21.0. The number of ether oxygens (including phenoxy) is 1. The molecule has 1 unspecified atom stereocenters. The molecule has 0 amide bonds. The van der Waals surface area contributed by atoms with Crippen molar-refractivity contribution in [3.63, 3.8) is 0 Å². The lowest BCUT2D eigenvalue weighted by atomic mass is 9.90. The number of nitrogens with zero attached hydrogens (tertiary/aromatic N) is 4. The number of aryl methyl sites for hydroxylation is 2. The molecule has 1 aromatic heterocycles. The molecule has 0 spiro atoms. The first-order valence-electron chi connectivity index (χ1n) is 11.9. The maximum Gasteiger partial charge on any atom is 0.124 e. The first-order chi connectivity index (χ1) is 16.5. The molecule has 5 rings (SSSR count). The van der Waals surface area contributed by atoms with Gasteiger partial charge in [0.2, 0.25) is 0 Å². The lowest BCUT2D eigenvalue weighted by Gasteiger charge is -2.37. The second-order valence-corrected chi connectivity index (χ2v) is 9.39. The Morgan fingerprint density at radius 3 is 2.71 bits per heavy atom. The second-order valence-electron chi connectivity index (χ2n) is 9.39. The molecular formula is C28H31FN4O. The molecule has 5 nitrogen and oxygen atoms in total. The second kappa shape index (κ2) is 9.18. The average Bonchev–Trinajstić information content (AvgIpc) is 3.53. The minimum Gasteiger partial charge on any atom is -0.385 e. The summed E-state index contributed by atoms with van der Waals surface area (Å²) in [5.74, 6) is 0.785. The monoisotopic (exact) mass is 458 g/mol. The van der Waals surface area contributed by atoms with Crippen LogP contribution >= 0.6 is 0 Å². The molecule has 2 aliphatic rings. The molecule has 6 heteroatoms. The Bertz CT molecular complexity index is 1240. The van der Waals surface area contributed by atoms with E-state index >= 15 is 0 Å². The van der Waals surface area contributed by atoms with E-state index < -0.39 is 0 Å². The molecule has 2 heterocycles. The lowest BCUT2D eigenvalue weighted by molar-refractivity contribution is 0.164. The summed E-state index contributed by atoms with van der Waals surface area (Å²) in [6.45, 7) is 6.38. The van der Waals surface area contributed by atoms with Gasteiger partial charge in [-0.25, -0.2) is 9.37 Å². The van der Waals surface area contributed by atoms with Crippen molar-refractivity contribution in [3.8, 4) is 5.69 Å². The van der Waals surface area contributed by atoms with Gasteiger partial charge in [0.05, 0.1) is 24.1 Å². The van der Waals surface area contributed by atoms with E-state index in [1.807, 2.05) is 25.4 Å². The first-order valence-corrected chi connectivity index (χ1v) is 11.9. The average molecular weight is 459 g/mol. The molecule has 0 fully saturated rings.